The van der Waals surface area contributed by atoms with Crippen LogP contribution >= 0.6 is 0 Å². The molecule has 0 spiro atoms. The molecule has 2 N–H and O–H groups in total. The number of rotatable bonds is 3. The number of amides is 1. The molecule has 0 atom stereocenters. The fourth-order valence-electron chi connectivity index (χ4n) is 2.29. The number of nitrogens with zero attached hydrogens (tertiary/aromatic N) is 2. The summed E-state index contributed by atoms with van der Waals surface area (Å²) >= 11 is 0. The number of anilines is 1. The van der Waals surface area contributed by atoms with Crippen molar-refractivity contribution in [2.75, 3.05) is 11.9 Å². The summed E-state index contributed by atoms with van der Waals surface area (Å²) in [4.78, 5) is 12.1. The molecule has 0 fully saturated rings. The first-order valence-corrected chi connectivity index (χ1v) is 6.36. The molecule has 1 aromatic heterocycles. The summed E-state index contributed by atoms with van der Waals surface area (Å²) in [6.07, 6.45) is 2.71. The van der Waals surface area contributed by atoms with Crippen LogP contribution in [0, 0.1) is 0 Å². The topological polar surface area (TPSA) is 59.0 Å². The fraction of sp³-hybridized carbons (Fsp3) is 0.286. The first kappa shape index (κ1) is 11.8. The Balaban J connectivity index is 1.69. The molecule has 0 bridgehead atoms. The molecule has 1 amide bonds. The quantitative estimate of drug-likeness (QED) is 0.870. The maximum absolute atomic E-state index is 12.1. The van der Waals surface area contributed by atoms with Crippen molar-refractivity contribution < 1.29 is 4.79 Å². The van der Waals surface area contributed by atoms with E-state index in [0.717, 1.165) is 24.3 Å². The van der Waals surface area contributed by atoms with Crippen molar-refractivity contribution in [3.8, 4) is 0 Å². The van der Waals surface area contributed by atoms with Gasteiger partial charge < -0.3 is 10.6 Å². The number of aryl methyl sites for hydroxylation is 1. The van der Waals surface area contributed by atoms with Crippen LogP contribution in [0.2, 0.25) is 0 Å². The molecule has 1 aromatic carbocycles. The minimum Gasteiger partial charge on any atom is -0.384 e. The van der Waals surface area contributed by atoms with E-state index in [-0.39, 0.29) is 5.91 Å². The smallest absolute Gasteiger partial charge is 0.251 e. The molecule has 98 valence electrons. The van der Waals surface area contributed by atoms with Gasteiger partial charge in [0, 0.05) is 31.0 Å². The standard InChI is InChI=1S/C14H16N4O/c1-18-12(5-7-17-18)9-16-14(19)11-2-3-13-10(8-11)4-6-15-13/h2-3,5,7-8,15H,4,6,9H2,1H3,(H,16,19). The molecule has 0 aliphatic carbocycles. The summed E-state index contributed by atoms with van der Waals surface area (Å²) in [5.74, 6) is -0.0455. The molecular weight excluding hydrogens is 240 g/mol. The normalized spacial score (nSPS) is 12.9. The van der Waals surface area contributed by atoms with E-state index in [1.807, 2.05) is 31.3 Å². The zero-order chi connectivity index (χ0) is 13.2. The van der Waals surface area contributed by atoms with Crippen LogP contribution in [0.3, 0.4) is 0 Å². The van der Waals surface area contributed by atoms with Crippen LogP contribution in [0.5, 0.6) is 0 Å². The Bertz CT molecular complexity index is 618. The van der Waals surface area contributed by atoms with Crippen LogP contribution in [-0.2, 0) is 20.0 Å². The van der Waals surface area contributed by atoms with Gasteiger partial charge in [-0.3, -0.25) is 9.48 Å². The van der Waals surface area contributed by atoms with Crippen LogP contribution in [0.15, 0.2) is 30.5 Å². The zero-order valence-corrected chi connectivity index (χ0v) is 10.8. The molecule has 3 rings (SSSR count). The van der Waals surface area contributed by atoms with Gasteiger partial charge in [-0.25, -0.2) is 0 Å². The maximum Gasteiger partial charge on any atom is 0.251 e. The van der Waals surface area contributed by atoms with E-state index >= 15 is 0 Å². The minimum absolute atomic E-state index is 0.0455. The summed E-state index contributed by atoms with van der Waals surface area (Å²) < 4.78 is 1.76. The Morgan fingerprint density at radius 3 is 3.16 bits per heavy atom. The van der Waals surface area contributed by atoms with Crippen LogP contribution in [0.4, 0.5) is 5.69 Å². The Morgan fingerprint density at radius 1 is 1.47 bits per heavy atom. The second-order valence-corrected chi connectivity index (χ2v) is 4.68. The van der Waals surface area contributed by atoms with E-state index in [4.69, 9.17) is 0 Å². The van der Waals surface area contributed by atoms with Gasteiger partial charge in [-0.2, -0.15) is 5.10 Å². The van der Waals surface area contributed by atoms with Crippen LogP contribution < -0.4 is 10.6 Å². The van der Waals surface area contributed by atoms with Crippen molar-refractivity contribution >= 4 is 11.6 Å². The first-order chi connectivity index (χ1) is 9.24. The molecular formula is C14H16N4O. The maximum atomic E-state index is 12.1. The SMILES string of the molecule is Cn1nccc1CNC(=O)c1ccc2c(c1)CCN2. The average Bonchev–Trinajstić information content (AvgIpc) is 3.03. The Kier molecular flexibility index (Phi) is 2.95. The van der Waals surface area contributed by atoms with Crippen LogP contribution in [0.1, 0.15) is 21.6 Å². The van der Waals surface area contributed by atoms with Crippen molar-refractivity contribution in [2.45, 2.75) is 13.0 Å². The molecule has 19 heavy (non-hydrogen) atoms. The third-order valence-corrected chi connectivity index (χ3v) is 3.43. The molecule has 0 saturated carbocycles. The third-order valence-electron chi connectivity index (χ3n) is 3.43. The highest BCUT2D eigenvalue weighted by Gasteiger charge is 2.13. The molecule has 5 heteroatoms. The van der Waals surface area contributed by atoms with Gasteiger partial charge in [0.25, 0.3) is 5.91 Å². The summed E-state index contributed by atoms with van der Waals surface area (Å²) in [6, 6.07) is 7.69. The van der Waals surface area contributed by atoms with Gasteiger partial charge in [0.15, 0.2) is 0 Å². The van der Waals surface area contributed by atoms with E-state index in [1.165, 1.54) is 5.56 Å². The predicted octanol–water partition coefficient (Wildman–Crippen LogP) is 1.32. The van der Waals surface area contributed by atoms with E-state index in [9.17, 15) is 4.79 Å². The Morgan fingerprint density at radius 2 is 2.37 bits per heavy atom. The van der Waals surface area contributed by atoms with Crippen molar-refractivity contribution in [3.63, 3.8) is 0 Å². The summed E-state index contributed by atoms with van der Waals surface area (Å²) in [7, 11) is 1.86. The first-order valence-electron chi connectivity index (χ1n) is 6.36. The van der Waals surface area contributed by atoms with Crippen molar-refractivity contribution in [3.05, 3.63) is 47.3 Å². The third kappa shape index (κ3) is 2.31. The number of aromatic nitrogens is 2. The number of carbonyl (C=O) groups excluding carboxylic acids is 1. The number of benzene rings is 1. The van der Waals surface area contributed by atoms with Gasteiger partial charge in [-0.05, 0) is 36.2 Å². The zero-order valence-electron chi connectivity index (χ0n) is 10.8. The highest BCUT2D eigenvalue weighted by molar-refractivity contribution is 5.95. The molecule has 0 unspecified atom stereocenters. The fourth-order valence-corrected chi connectivity index (χ4v) is 2.29. The van der Waals surface area contributed by atoms with Crippen LogP contribution in [-0.4, -0.2) is 22.2 Å². The lowest BCUT2D eigenvalue weighted by Gasteiger charge is -2.07. The largest absolute Gasteiger partial charge is 0.384 e. The lowest BCUT2D eigenvalue weighted by Crippen LogP contribution is -2.24. The average molecular weight is 256 g/mol. The minimum atomic E-state index is -0.0455. The molecule has 1 aliphatic rings. The number of nitrogens with one attached hydrogen (secondary N) is 2. The summed E-state index contributed by atoms with van der Waals surface area (Å²) in [5, 5.41) is 10.3. The number of hydrogen-bond acceptors (Lipinski definition) is 3. The Hall–Kier alpha value is -2.30. The molecule has 2 aromatic rings. The van der Waals surface area contributed by atoms with Crippen molar-refractivity contribution in [1.82, 2.24) is 15.1 Å². The predicted molar refractivity (Wildman–Crippen MR) is 73.0 cm³/mol. The molecule has 0 saturated heterocycles. The van der Waals surface area contributed by atoms with E-state index < -0.39 is 0 Å². The van der Waals surface area contributed by atoms with Gasteiger partial charge in [0.1, 0.15) is 0 Å². The summed E-state index contributed by atoms with van der Waals surface area (Å²) in [5.41, 5.74) is 4.05. The summed E-state index contributed by atoms with van der Waals surface area (Å²) in [6.45, 7) is 1.44. The highest BCUT2D eigenvalue weighted by atomic mass is 16.1. The van der Waals surface area contributed by atoms with E-state index in [0.29, 0.717) is 12.1 Å². The highest BCUT2D eigenvalue weighted by Crippen LogP contribution is 2.22. The molecule has 1 aliphatic heterocycles. The van der Waals surface area contributed by atoms with Crippen molar-refractivity contribution in [2.24, 2.45) is 7.05 Å². The monoisotopic (exact) mass is 256 g/mol. The number of fused-ring (bicyclic) bond motifs is 1. The van der Waals surface area contributed by atoms with Gasteiger partial charge in [0.05, 0.1) is 12.2 Å². The van der Waals surface area contributed by atoms with E-state index in [2.05, 4.69) is 15.7 Å². The van der Waals surface area contributed by atoms with E-state index in [1.54, 1.807) is 10.9 Å². The van der Waals surface area contributed by atoms with Crippen LogP contribution in [0.25, 0.3) is 0 Å². The second-order valence-electron chi connectivity index (χ2n) is 4.68. The van der Waals surface area contributed by atoms with Gasteiger partial charge in [-0.15, -0.1) is 0 Å². The second kappa shape index (κ2) is 4.76. The number of carbonyl (C=O) groups is 1. The number of hydrogen-bond donors (Lipinski definition) is 2. The molecule has 2 heterocycles. The lowest BCUT2D eigenvalue weighted by atomic mass is 10.1. The molecule has 0 radical (unpaired) electrons. The van der Waals surface area contributed by atoms with Gasteiger partial charge in [-0.1, -0.05) is 0 Å². The van der Waals surface area contributed by atoms with Gasteiger partial charge >= 0.3 is 0 Å². The Labute approximate surface area is 111 Å². The lowest BCUT2D eigenvalue weighted by molar-refractivity contribution is 0.0950. The van der Waals surface area contributed by atoms with Gasteiger partial charge in [0.2, 0.25) is 0 Å². The molecule has 5 nitrogen and oxygen atoms in total. The van der Waals surface area contributed by atoms with Crippen molar-refractivity contribution in [1.29, 1.82) is 0 Å².